The highest BCUT2D eigenvalue weighted by atomic mass is 16.7. The van der Waals surface area contributed by atoms with E-state index in [1.54, 1.807) is 0 Å². The first kappa shape index (κ1) is 15.0. The van der Waals surface area contributed by atoms with Crippen LogP contribution >= 0.6 is 0 Å². The molecule has 3 saturated carbocycles. The van der Waals surface area contributed by atoms with Crippen LogP contribution in [-0.4, -0.2) is 19.0 Å². The zero-order chi connectivity index (χ0) is 15.7. The van der Waals surface area contributed by atoms with Crippen LogP contribution in [0.4, 0.5) is 0 Å². The maximum Gasteiger partial charge on any atom is 0.174 e. The van der Waals surface area contributed by atoms with Gasteiger partial charge in [0, 0.05) is 11.8 Å². The molecule has 0 aromatic carbocycles. The lowest BCUT2D eigenvalue weighted by atomic mass is 9.45. The zero-order valence-corrected chi connectivity index (χ0v) is 14.9. The fourth-order valence-electron chi connectivity index (χ4n) is 7.72. The fourth-order valence-corrected chi connectivity index (χ4v) is 7.72. The Morgan fingerprint density at radius 1 is 0.870 bits per heavy atom. The summed E-state index contributed by atoms with van der Waals surface area (Å²) in [5, 5.41) is 0. The quantitative estimate of drug-likeness (QED) is 0.589. The van der Waals surface area contributed by atoms with E-state index in [-0.39, 0.29) is 11.2 Å². The molecule has 0 bridgehead atoms. The van der Waals surface area contributed by atoms with Crippen molar-refractivity contribution >= 4 is 0 Å². The Hall–Kier alpha value is -0.340. The minimum Gasteiger partial charge on any atom is -0.347 e. The second kappa shape index (κ2) is 4.85. The summed E-state index contributed by atoms with van der Waals surface area (Å²) in [6.45, 7) is 6.73. The van der Waals surface area contributed by atoms with Crippen LogP contribution in [0.3, 0.4) is 0 Å². The molecule has 23 heavy (non-hydrogen) atoms. The Morgan fingerprint density at radius 2 is 1.65 bits per heavy atom. The van der Waals surface area contributed by atoms with Crippen molar-refractivity contribution in [3.63, 3.8) is 0 Å². The maximum absolute atomic E-state index is 6.25. The molecule has 0 radical (unpaired) electrons. The number of hydrogen-bond acceptors (Lipinski definition) is 2. The predicted octanol–water partition coefficient (Wildman–Crippen LogP) is 4.94. The highest BCUT2D eigenvalue weighted by molar-refractivity contribution is 5.14. The van der Waals surface area contributed by atoms with Crippen molar-refractivity contribution in [1.29, 1.82) is 0 Å². The minimum atomic E-state index is -0.229. The first-order valence-electron chi connectivity index (χ1n) is 10.0. The fraction of sp³-hybridized carbons (Fsp3) is 0.905. The third kappa shape index (κ3) is 1.78. The van der Waals surface area contributed by atoms with Gasteiger partial charge in [0.1, 0.15) is 0 Å². The lowest BCUT2D eigenvalue weighted by Gasteiger charge is -2.60. The van der Waals surface area contributed by atoms with Crippen LogP contribution in [0.25, 0.3) is 0 Å². The van der Waals surface area contributed by atoms with Gasteiger partial charge in [-0.2, -0.15) is 0 Å². The van der Waals surface area contributed by atoms with Gasteiger partial charge in [-0.05, 0) is 74.0 Å². The summed E-state index contributed by atoms with van der Waals surface area (Å²) in [6.07, 6.45) is 15.6. The van der Waals surface area contributed by atoms with Crippen molar-refractivity contribution in [3.8, 4) is 0 Å². The molecule has 1 saturated heterocycles. The lowest BCUT2D eigenvalue weighted by molar-refractivity contribution is -0.246. The van der Waals surface area contributed by atoms with Gasteiger partial charge in [0.05, 0.1) is 13.2 Å². The molecule has 0 amide bonds. The Morgan fingerprint density at radius 3 is 2.48 bits per heavy atom. The van der Waals surface area contributed by atoms with Crippen LogP contribution in [-0.2, 0) is 9.47 Å². The molecular formula is C21H32O2. The van der Waals surface area contributed by atoms with Gasteiger partial charge in [-0.15, -0.1) is 0 Å². The van der Waals surface area contributed by atoms with Crippen molar-refractivity contribution in [2.24, 2.45) is 34.5 Å². The lowest BCUT2D eigenvalue weighted by Crippen LogP contribution is -2.56. The highest BCUT2D eigenvalue weighted by Crippen LogP contribution is 2.69. The summed E-state index contributed by atoms with van der Waals surface area (Å²) in [5.41, 5.74) is 0.824. The molecule has 1 spiro atoms. The van der Waals surface area contributed by atoms with Gasteiger partial charge < -0.3 is 9.47 Å². The van der Waals surface area contributed by atoms with Gasteiger partial charge in [0.2, 0.25) is 0 Å². The van der Waals surface area contributed by atoms with Crippen LogP contribution in [0.5, 0.6) is 0 Å². The van der Waals surface area contributed by atoms with Crippen molar-refractivity contribution in [3.05, 3.63) is 12.2 Å². The van der Waals surface area contributed by atoms with Crippen molar-refractivity contribution < 1.29 is 9.47 Å². The second-order valence-corrected chi connectivity index (χ2v) is 9.51. The molecule has 4 aliphatic carbocycles. The second-order valence-electron chi connectivity index (χ2n) is 9.51. The van der Waals surface area contributed by atoms with E-state index in [0.717, 1.165) is 43.3 Å². The van der Waals surface area contributed by atoms with Gasteiger partial charge >= 0.3 is 0 Å². The average Bonchev–Trinajstić information content (AvgIpc) is 3.14. The first-order chi connectivity index (χ1) is 11.1. The Bertz CT molecular complexity index is 520. The van der Waals surface area contributed by atoms with E-state index in [2.05, 4.69) is 26.0 Å². The summed E-state index contributed by atoms with van der Waals surface area (Å²) in [7, 11) is 0. The number of rotatable bonds is 0. The van der Waals surface area contributed by atoms with E-state index >= 15 is 0 Å². The molecule has 6 atom stereocenters. The number of ether oxygens (including phenoxy) is 2. The van der Waals surface area contributed by atoms with E-state index in [1.807, 2.05) is 0 Å². The van der Waals surface area contributed by atoms with E-state index in [1.165, 1.54) is 44.9 Å². The monoisotopic (exact) mass is 316 g/mol. The molecule has 0 N–H and O–H groups in total. The topological polar surface area (TPSA) is 18.5 Å². The van der Waals surface area contributed by atoms with Crippen LogP contribution in [0.1, 0.15) is 65.2 Å². The van der Waals surface area contributed by atoms with Crippen LogP contribution in [0.2, 0.25) is 0 Å². The van der Waals surface area contributed by atoms with Gasteiger partial charge in [-0.1, -0.05) is 26.0 Å². The third-order valence-electron chi connectivity index (χ3n) is 9.01. The van der Waals surface area contributed by atoms with E-state index in [0.29, 0.717) is 5.41 Å². The predicted molar refractivity (Wildman–Crippen MR) is 90.9 cm³/mol. The van der Waals surface area contributed by atoms with E-state index < -0.39 is 0 Å². The van der Waals surface area contributed by atoms with Crippen LogP contribution < -0.4 is 0 Å². The Labute approximate surface area is 141 Å². The smallest absolute Gasteiger partial charge is 0.174 e. The maximum atomic E-state index is 6.25. The molecule has 4 fully saturated rings. The standard InChI is InChI=1S/C21H32O2/c1-19-10-4-3-5-15(19)6-7-16-17(19)8-11-20(2)18(16)9-12-21(20)22-13-14-23-21/h3-4,15-18H,5-14H2,1-2H3/t15-,16-,17+,18+,19+,20+/m1/s1. The molecule has 0 aromatic rings. The third-order valence-corrected chi connectivity index (χ3v) is 9.01. The highest BCUT2D eigenvalue weighted by Gasteiger charge is 2.66. The molecule has 128 valence electrons. The average molecular weight is 316 g/mol. The summed E-state index contributed by atoms with van der Waals surface area (Å²) < 4.78 is 12.5. The normalized spacial score (nSPS) is 53.8. The largest absolute Gasteiger partial charge is 0.347 e. The Kier molecular flexibility index (Phi) is 3.15. The molecule has 0 unspecified atom stereocenters. The Balaban J connectivity index is 1.48. The molecule has 5 rings (SSSR count). The van der Waals surface area contributed by atoms with Crippen LogP contribution in [0, 0.1) is 34.5 Å². The molecular weight excluding hydrogens is 284 g/mol. The summed E-state index contributed by atoms with van der Waals surface area (Å²) in [5.74, 6) is 3.37. The van der Waals surface area contributed by atoms with Crippen molar-refractivity contribution in [1.82, 2.24) is 0 Å². The summed E-state index contributed by atoms with van der Waals surface area (Å²) in [4.78, 5) is 0. The van der Waals surface area contributed by atoms with Crippen LogP contribution in [0.15, 0.2) is 12.2 Å². The molecule has 5 aliphatic rings. The van der Waals surface area contributed by atoms with Gasteiger partial charge in [0.25, 0.3) is 0 Å². The summed E-state index contributed by atoms with van der Waals surface area (Å²) >= 11 is 0. The SMILES string of the molecule is C[C@]12CC=CC[C@@H]1CC[C@@H]1[C@@H]2CC[C@@]2(C)[C@H]1CCC21OCCO1. The molecule has 1 heterocycles. The minimum absolute atomic E-state index is 0.229. The van der Waals surface area contributed by atoms with Gasteiger partial charge in [-0.3, -0.25) is 0 Å². The molecule has 2 heteroatoms. The number of allylic oxidation sites excluding steroid dienone is 2. The number of hydrogen-bond donors (Lipinski definition) is 0. The molecule has 0 aromatic heterocycles. The molecule has 2 nitrogen and oxygen atoms in total. The van der Waals surface area contributed by atoms with Crippen molar-refractivity contribution in [2.45, 2.75) is 71.0 Å². The first-order valence-corrected chi connectivity index (χ1v) is 10.0. The van der Waals surface area contributed by atoms with E-state index in [9.17, 15) is 0 Å². The van der Waals surface area contributed by atoms with Crippen molar-refractivity contribution in [2.75, 3.05) is 13.2 Å². The van der Waals surface area contributed by atoms with E-state index in [4.69, 9.17) is 9.47 Å². The molecule has 1 aliphatic heterocycles. The summed E-state index contributed by atoms with van der Waals surface area (Å²) in [6, 6.07) is 0. The number of fused-ring (bicyclic) bond motifs is 6. The van der Waals surface area contributed by atoms with Gasteiger partial charge in [-0.25, -0.2) is 0 Å². The zero-order valence-electron chi connectivity index (χ0n) is 14.9. The van der Waals surface area contributed by atoms with Gasteiger partial charge in [0.15, 0.2) is 5.79 Å².